The van der Waals surface area contributed by atoms with Gasteiger partial charge in [0.2, 0.25) is 0 Å². The quantitative estimate of drug-likeness (QED) is 0.912. The highest BCUT2D eigenvalue weighted by molar-refractivity contribution is 6.02. The fourth-order valence-electron chi connectivity index (χ4n) is 2.97. The van der Waals surface area contributed by atoms with Crippen molar-refractivity contribution in [2.75, 3.05) is 19.7 Å². The highest BCUT2D eigenvalue weighted by atomic mass is 16.5. The Hall–Kier alpha value is -2.65. The zero-order valence-electron chi connectivity index (χ0n) is 13.3. The number of nitriles is 1. The smallest absolute Gasteiger partial charge is 0.257 e. The molecule has 6 heteroatoms. The van der Waals surface area contributed by atoms with E-state index < -0.39 is 0 Å². The van der Waals surface area contributed by atoms with Crippen LogP contribution in [0.5, 0.6) is 5.75 Å². The first-order valence-corrected chi connectivity index (χ1v) is 8.05. The molecular formula is C18H19N3O3. The Morgan fingerprint density at radius 3 is 3.08 bits per heavy atom. The van der Waals surface area contributed by atoms with Gasteiger partial charge in [0.1, 0.15) is 5.52 Å². The number of pyridine rings is 1. The lowest BCUT2D eigenvalue weighted by Gasteiger charge is -2.25. The minimum atomic E-state index is -0.300. The molecule has 1 atom stereocenters. The van der Waals surface area contributed by atoms with Gasteiger partial charge in [-0.3, -0.25) is 9.78 Å². The number of phenols is 1. The maximum Gasteiger partial charge on any atom is 0.257 e. The average Bonchev–Trinajstić information content (AvgIpc) is 3.12. The summed E-state index contributed by atoms with van der Waals surface area (Å²) in [4.78, 5) is 18.6. The number of benzene rings is 1. The number of hydrogen-bond acceptors (Lipinski definition) is 5. The summed E-state index contributed by atoms with van der Waals surface area (Å²) in [5, 5.41) is 20.1. The van der Waals surface area contributed by atoms with Crippen LogP contribution < -0.4 is 0 Å². The van der Waals surface area contributed by atoms with Crippen LogP contribution in [0, 0.1) is 11.3 Å². The average molecular weight is 325 g/mol. The van der Waals surface area contributed by atoms with Crippen LogP contribution in [-0.4, -0.2) is 46.7 Å². The summed E-state index contributed by atoms with van der Waals surface area (Å²) >= 11 is 0. The van der Waals surface area contributed by atoms with Gasteiger partial charge >= 0.3 is 0 Å². The summed E-state index contributed by atoms with van der Waals surface area (Å²) in [5.74, 6) is -0.418. The summed E-state index contributed by atoms with van der Waals surface area (Å²) in [7, 11) is 0. The highest BCUT2D eigenvalue weighted by Crippen LogP contribution is 2.28. The van der Waals surface area contributed by atoms with E-state index in [4.69, 9.17) is 10.00 Å². The fraction of sp³-hybridized carbons (Fsp3) is 0.389. The van der Waals surface area contributed by atoms with Crippen molar-refractivity contribution in [2.45, 2.75) is 25.4 Å². The van der Waals surface area contributed by atoms with Crippen LogP contribution in [0.1, 0.15) is 29.6 Å². The van der Waals surface area contributed by atoms with E-state index in [-0.39, 0.29) is 29.7 Å². The largest absolute Gasteiger partial charge is 0.505 e. The van der Waals surface area contributed by atoms with Crippen LogP contribution in [0.15, 0.2) is 30.5 Å². The molecule has 1 saturated heterocycles. The Morgan fingerprint density at radius 1 is 1.46 bits per heavy atom. The SMILES string of the molecule is N#CCCN(CC1CCCO1)C(=O)c1ccc2cccnc2c1O. The minimum absolute atomic E-state index is 0.00614. The predicted molar refractivity (Wildman–Crippen MR) is 88.5 cm³/mol. The molecule has 6 nitrogen and oxygen atoms in total. The summed E-state index contributed by atoms with van der Waals surface area (Å²) in [6, 6.07) is 9.05. The summed E-state index contributed by atoms with van der Waals surface area (Å²) in [6.07, 6.45) is 3.70. The molecule has 0 bridgehead atoms. The number of aromatic hydroxyl groups is 1. The van der Waals surface area contributed by atoms with Crippen molar-refractivity contribution in [3.63, 3.8) is 0 Å². The van der Waals surface area contributed by atoms with Gasteiger partial charge in [-0.05, 0) is 25.0 Å². The molecule has 1 fully saturated rings. The van der Waals surface area contributed by atoms with Gasteiger partial charge in [-0.25, -0.2) is 0 Å². The number of amides is 1. The van der Waals surface area contributed by atoms with Gasteiger partial charge in [0.25, 0.3) is 5.91 Å². The molecule has 0 aliphatic carbocycles. The van der Waals surface area contributed by atoms with Gasteiger partial charge in [0, 0.05) is 31.3 Å². The maximum absolute atomic E-state index is 12.9. The van der Waals surface area contributed by atoms with Crippen LogP contribution in [-0.2, 0) is 4.74 Å². The van der Waals surface area contributed by atoms with Crippen molar-refractivity contribution in [3.8, 4) is 11.8 Å². The molecule has 1 aromatic carbocycles. The van der Waals surface area contributed by atoms with Crippen molar-refractivity contribution < 1.29 is 14.6 Å². The van der Waals surface area contributed by atoms with Gasteiger partial charge in [-0.2, -0.15) is 5.26 Å². The molecule has 1 N–H and O–H groups in total. The third-order valence-corrected chi connectivity index (χ3v) is 4.21. The molecule has 2 heterocycles. The van der Waals surface area contributed by atoms with Crippen molar-refractivity contribution in [1.82, 2.24) is 9.88 Å². The topological polar surface area (TPSA) is 86.5 Å². The first-order chi connectivity index (χ1) is 11.7. The molecule has 0 saturated carbocycles. The van der Waals surface area contributed by atoms with Gasteiger partial charge in [-0.1, -0.05) is 12.1 Å². The highest BCUT2D eigenvalue weighted by Gasteiger charge is 2.25. The van der Waals surface area contributed by atoms with Crippen LogP contribution in [0.4, 0.5) is 0 Å². The number of rotatable bonds is 5. The van der Waals surface area contributed by atoms with E-state index in [0.717, 1.165) is 18.2 Å². The number of carbonyl (C=O) groups is 1. The lowest BCUT2D eigenvalue weighted by Crippen LogP contribution is -2.38. The maximum atomic E-state index is 12.9. The van der Waals surface area contributed by atoms with Crippen LogP contribution in [0.2, 0.25) is 0 Å². The van der Waals surface area contributed by atoms with E-state index in [2.05, 4.69) is 11.1 Å². The Labute approximate surface area is 140 Å². The molecule has 1 amide bonds. The Bertz CT molecular complexity index is 779. The second-order valence-electron chi connectivity index (χ2n) is 5.83. The standard InChI is InChI=1S/C18H19N3O3/c19-8-3-10-21(12-14-5-2-11-24-14)18(23)15-7-6-13-4-1-9-20-16(13)17(15)22/h1,4,6-7,9,14,22H,2-3,5,10-12H2. The van der Waals surface area contributed by atoms with Crippen LogP contribution in [0.25, 0.3) is 10.9 Å². The minimum Gasteiger partial charge on any atom is -0.505 e. The molecule has 124 valence electrons. The molecule has 0 spiro atoms. The van der Waals surface area contributed by atoms with E-state index in [9.17, 15) is 9.90 Å². The number of carbonyl (C=O) groups excluding carboxylic acids is 1. The van der Waals surface area contributed by atoms with E-state index in [1.807, 2.05) is 6.07 Å². The van der Waals surface area contributed by atoms with E-state index >= 15 is 0 Å². The first-order valence-electron chi connectivity index (χ1n) is 8.05. The number of nitrogens with zero attached hydrogens (tertiary/aromatic N) is 3. The Kier molecular flexibility index (Phi) is 4.92. The van der Waals surface area contributed by atoms with Crippen LogP contribution in [0.3, 0.4) is 0 Å². The van der Waals surface area contributed by atoms with Gasteiger partial charge in [0.15, 0.2) is 5.75 Å². The summed E-state index contributed by atoms with van der Waals surface area (Å²) < 4.78 is 5.60. The van der Waals surface area contributed by atoms with Gasteiger partial charge in [0.05, 0.1) is 24.2 Å². The number of hydrogen-bond donors (Lipinski definition) is 1. The van der Waals surface area contributed by atoms with Gasteiger partial charge in [-0.15, -0.1) is 0 Å². The lowest BCUT2D eigenvalue weighted by molar-refractivity contribution is 0.0529. The van der Waals surface area contributed by atoms with E-state index in [1.165, 1.54) is 0 Å². The number of fused-ring (bicyclic) bond motifs is 1. The molecule has 0 radical (unpaired) electrons. The molecule has 2 aromatic rings. The number of phenolic OH excluding ortho intramolecular Hbond substituents is 1. The zero-order valence-corrected chi connectivity index (χ0v) is 13.3. The molecule has 3 rings (SSSR count). The van der Waals surface area contributed by atoms with Crippen molar-refractivity contribution in [2.24, 2.45) is 0 Å². The number of aromatic nitrogens is 1. The fourth-order valence-corrected chi connectivity index (χ4v) is 2.97. The zero-order chi connectivity index (χ0) is 16.9. The van der Waals surface area contributed by atoms with Crippen molar-refractivity contribution >= 4 is 16.8 Å². The summed E-state index contributed by atoms with van der Waals surface area (Å²) in [6.45, 7) is 1.45. The van der Waals surface area contributed by atoms with Gasteiger partial charge < -0.3 is 14.7 Å². The lowest BCUT2D eigenvalue weighted by atomic mass is 10.1. The van der Waals surface area contributed by atoms with Crippen molar-refractivity contribution in [1.29, 1.82) is 5.26 Å². The van der Waals surface area contributed by atoms with Crippen LogP contribution >= 0.6 is 0 Å². The molecule has 24 heavy (non-hydrogen) atoms. The monoisotopic (exact) mass is 325 g/mol. The van der Waals surface area contributed by atoms with Crippen molar-refractivity contribution in [3.05, 3.63) is 36.0 Å². The third-order valence-electron chi connectivity index (χ3n) is 4.21. The Balaban J connectivity index is 1.88. The normalized spacial score (nSPS) is 16.9. The molecule has 1 aliphatic rings. The number of ether oxygens (including phenoxy) is 1. The third kappa shape index (κ3) is 3.31. The second-order valence-corrected chi connectivity index (χ2v) is 5.83. The van der Waals surface area contributed by atoms with E-state index in [1.54, 1.807) is 29.3 Å². The summed E-state index contributed by atoms with van der Waals surface area (Å²) in [5.41, 5.74) is 0.609. The molecule has 1 aliphatic heterocycles. The second kappa shape index (κ2) is 7.28. The van der Waals surface area contributed by atoms with E-state index in [0.29, 0.717) is 25.2 Å². The first kappa shape index (κ1) is 16.2. The molecule has 1 unspecified atom stereocenters. The molecule has 1 aromatic heterocycles. The molecular weight excluding hydrogens is 306 g/mol. The predicted octanol–water partition coefficient (Wildman–Crippen LogP) is 2.48. The Morgan fingerprint density at radius 2 is 2.33 bits per heavy atom.